The van der Waals surface area contributed by atoms with Crippen molar-refractivity contribution in [2.45, 2.75) is 83.1 Å². The normalized spacial score (nSPS) is 12.1. The molecule has 0 aromatic carbocycles. The number of rotatable bonds is 30. The maximum absolute atomic E-state index is 5.97. The molecule has 378 valence electrons. The summed E-state index contributed by atoms with van der Waals surface area (Å²) < 4.78 is 71.6. The van der Waals surface area contributed by atoms with Gasteiger partial charge in [0, 0.05) is 125 Å². The average molecular weight is 1090 g/mol. The summed E-state index contributed by atoms with van der Waals surface area (Å²) in [4.78, 5) is 18.4. The van der Waals surface area contributed by atoms with Gasteiger partial charge in [0.1, 0.15) is 0 Å². The monoisotopic (exact) mass is 1090 g/mol. The molecule has 16 nitrogen and oxygen atoms in total. The average Bonchev–Trinajstić information content (AvgIpc) is 3.33. The predicted molar refractivity (Wildman–Crippen MR) is 268 cm³/mol. The molecule has 0 aliphatic heterocycles. The van der Waals surface area contributed by atoms with E-state index in [9.17, 15) is 0 Å². The third-order valence-electron chi connectivity index (χ3n) is 9.01. The van der Waals surface area contributed by atoms with Crippen LogP contribution < -0.4 is 20.7 Å². The van der Waals surface area contributed by atoms with Gasteiger partial charge in [-0.1, -0.05) is 24.3 Å². The first-order chi connectivity index (χ1) is 32.5. The van der Waals surface area contributed by atoms with Crippen molar-refractivity contribution in [2.24, 2.45) is 0 Å². The van der Waals surface area contributed by atoms with Crippen LogP contribution in [0.2, 0.25) is 0 Å². The second-order valence-corrected chi connectivity index (χ2v) is 25.2. The Morgan fingerprint density at radius 3 is 0.522 bits per heavy atom. The van der Waals surface area contributed by atoms with Crippen molar-refractivity contribution < 1.29 is 66.2 Å². The van der Waals surface area contributed by atoms with Crippen molar-refractivity contribution in [2.75, 3.05) is 79.3 Å². The molecule has 4 aromatic heterocycles. The zero-order valence-electron chi connectivity index (χ0n) is 41.2. The molecule has 0 radical (unpaired) electrons. The topological polar surface area (TPSA) is 162 Å². The zero-order chi connectivity index (χ0) is 49.6. The van der Waals surface area contributed by atoms with E-state index in [1.807, 2.05) is 132 Å². The van der Waals surface area contributed by atoms with Gasteiger partial charge in [-0.25, -0.2) is 0 Å². The van der Waals surface area contributed by atoms with Gasteiger partial charge in [-0.2, -0.15) is 0 Å². The Morgan fingerprint density at radius 2 is 0.433 bits per heavy atom. The van der Waals surface area contributed by atoms with Gasteiger partial charge in [0.25, 0.3) is 0 Å². The molecule has 0 fully saturated rings. The summed E-state index contributed by atoms with van der Waals surface area (Å²) in [6.07, 6.45) is 7.05. The first-order valence-corrected chi connectivity index (χ1v) is 32.8. The molecule has 0 unspecified atom stereocenters. The van der Waals surface area contributed by atoms with Gasteiger partial charge in [0.2, 0.25) is 0 Å². The first kappa shape index (κ1) is 61.2. The molecule has 0 atom stereocenters. The van der Waals surface area contributed by atoms with Crippen molar-refractivity contribution in [1.29, 1.82) is 0 Å². The van der Waals surface area contributed by atoms with Gasteiger partial charge in [-0.05, 0) is 107 Å². The van der Waals surface area contributed by atoms with Crippen LogP contribution in [-0.2, 0) is 66.2 Å². The van der Waals surface area contributed by atoms with Crippen LogP contribution in [0.1, 0.15) is 83.1 Å². The SMILES string of the molecule is CCO[Si](OCC)(OCC)c1ccc(-c2ccc([Si](OCC)(OCC)OCC)cn2)nc1.CCO[Si](OCC)(OCC)c1ccc(-c2ccc([Si](OCC)(OCC)OCC)cn2)nc1.[Cl][Fe][Cl]. The number of aromatic nitrogens is 4. The quantitative estimate of drug-likeness (QED) is 0.0508. The van der Waals surface area contributed by atoms with Crippen molar-refractivity contribution in [3.63, 3.8) is 0 Å². The number of pyridine rings is 4. The number of halogens is 2. The molecule has 4 heterocycles. The Balaban J connectivity index is 0.000000435. The van der Waals surface area contributed by atoms with Crippen LogP contribution in [0.3, 0.4) is 0 Å². The summed E-state index contributed by atoms with van der Waals surface area (Å²) in [5.74, 6) is 0. The van der Waals surface area contributed by atoms with Crippen LogP contribution in [0.15, 0.2) is 73.3 Å². The molecule has 23 heteroatoms. The summed E-state index contributed by atoms with van der Waals surface area (Å²) in [5.41, 5.74) is 2.96. The van der Waals surface area contributed by atoms with E-state index < -0.39 is 35.2 Å². The van der Waals surface area contributed by atoms with Gasteiger partial charge in [-0.15, -0.1) is 0 Å². The summed E-state index contributed by atoms with van der Waals surface area (Å²) in [5, 5.41) is 3.33. The zero-order valence-corrected chi connectivity index (χ0v) is 47.8. The van der Waals surface area contributed by atoms with E-state index in [1.165, 1.54) is 0 Å². The molecule has 0 spiro atoms. The van der Waals surface area contributed by atoms with E-state index in [1.54, 1.807) is 24.8 Å². The molecule has 0 amide bonds. The summed E-state index contributed by atoms with van der Waals surface area (Å²) in [7, 11) is -2.41. The van der Waals surface area contributed by atoms with Gasteiger partial charge in [0.05, 0.1) is 22.8 Å². The number of hydrogen-bond acceptors (Lipinski definition) is 16. The van der Waals surface area contributed by atoms with E-state index in [4.69, 9.17) is 73.3 Å². The molecule has 0 N–H and O–H groups in total. The molecular weight excluding hydrogens is 1020 g/mol. The van der Waals surface area contributed by atoms with Gasteiger partial charge in [-0.3, -0.25) is 19.9 Å². The Morgan fingerprint density at radius 1 is 0.299 bits per heavy atom. The number of hydrogen-bond donors (Lipinski definition) is 0. The van der Waals surface area contributed by atoms with E-state index >= 15 is 0 Å². The Labute approximate surface area is 418 Å². The summed E-state index contributed by atoms with van der Waals surface area (Å²) in [6.45, 7) is 29.2. The second kappa shape index (κ2) is 33.6. The molecule has 67 heavy (non-hydrogen) atoms. The summed E-state index contributed by atoms with van der Waals surface area (Å²) >= 11 is 0.194. The predicted octanol–water partition coefficient (Wildman–Crippen LogP) is 6.69. The summed E-state index contributed by atoms with van der Waals surface area (Å²) in [6, 6.07) is 15.4. The first-order valence-electron chi connectivity index (χ1n) is 22.9. The van der Waals surface area contributed by atoms with Crippen molar-refractivity contribution in [3.05, 3.63) is 73.3 Å². The Hall–Kier alpha value is -1.91. The molecular formula is C44H72Cl2FeN4O12Si4. The maximum atomic E-state index is 5.97. The Kier molecular flexibility index (Phi) is 30.7. The molecule has 0 aliphatic carbocycles. The van der Waals surface area contributed by atoms with Crippen LogP contribution in [0.4, 0.5) is 0 Å². The second-order valence-electron chi connectivity index (χ2n) is 13.2. The van der Waals surface area contributed by atoms with E-state index in [0.717, 1.165) is 43.5 Å². The van der Waals surface area contributed by atoms with Crippen LogP contribution in [0.25, 0.3) is 22.8 Å². The van der Waals surface area contributed by atoms with Gasteiger partial charge < -0.3 is 53.1 Å². The number of nitrogens with zero attached hydrogens (tertiary/aromatic N) is 4. The van der Waals surface area contributed by atoms with Crippen molar-refractivity contribution in [3.8, 4) is 22.8 Å². The van der Waals surface area contributed by atoms with Crippen molar-refractivity contribution in [1.82, 2.24) is 19.9 Å². The molecule has 4 aromatic rings. The van der Waals surface area contributed by atoms with Crippen LogP contribution in [-0.4, -0.2) is 134 Å². The molecule has 4 rings (SSSR count). The standard InChI is InChI=1S/2C22H36N2O6Si2.2ClH.Fe/c2*1-7-25-31(26-8-2,27-9-3)19-13-15-21(23-17-19)22-16-14-20(18-24-22)32(28-10-4,29-11-5)30-12-6;;;/h2*13-18H,7-12H2,1-6H3;2*1H;/q;;;;+2/p-2. The minimum absolute atomic E-state index is 0.194. The van der Waals surface area contributed by atoms with Crippen LogP contribution in [0, 0.1) is 0 Å². The van der Waals surface area contributed by atoms with Crippen molar-refractivity contribution >= 4 is 76.2 Å². The van der Waals surface area contributed by atoms with Crippen LogP contribution >= 0.6 is 20.2 Å². The fourth-order valence-electron chi connectivity index (χ4n) is 6.69. The molecule has 0 bridgehead atoms. The molecule has 0 saturated carbocycles. The molecule has 0 saturated heterocycles. The minimum atomic E-state index is -2.98. The van der Waals surface area contributed by atoms with Crippen LogP contribution in [0.5, 0.6) is 0 Å². The van der Waals surface area contributed by atoms with Gasteiger partial charge in [0.15, 0.2) is 0 Å². The Bertz CT molecular complexity index is 1550. The third-order valence-corrected chi connectivity index (χ3v) is 21.0. The molecule has 0 aliphatic rings. The fraction of sp³-hybridized carbons (Fsp3) is 0.545. The van der Waals surface area contributed by atoms with E-state index in [-0.39, 0.29) is 13.1 Å². The third kappa shape index (κ3) is 17.7. The van der Waals surface area contributed by atoms with Gasteiger partial charge >= 0.3 is 68.5 Å². The van der Waals surface area contributed by atoms with E-state index in [2.05, 4.69) is 19.9 Å². The fourth-order valence-corrected chi connectivity index (χ4v) is 16.3. The van der Waals surface area contributed by atoms with E-state index in [0.29, 0.717) is 79.3 Å².